The summed E-state index contributed by atoms with van der Waals surface area (Å²) >= 11 is 3.64. The number of methoxy groups -OCH3 is 1. The van der Waals surface area contributed by atoms with E-state index >= 15 is 0 Å². The summed E-state index contributed by atoms with van der Waals surface area (Å²) < 4.78 is 6.48. The number of halogens is 1. The standard InChI is InChI=1S/C17H25BrN2O/c1-20-14-4-3-5-15(20)10-13(9-14)19-11-12-8-16(21-2)6-7-17(12)18/h6-8,13-15,19H,3-5,9-11H2,1-2H3. The minimum Gasteiger partial charge on any atom is -0.497 e. The van der Waals surface area contributed by atoms with Gasteiger partial charge in [-0.3, -0.25) is 0 Å². The Hall–Kier alpha value is -0.580. The molecule has 2 atom stereocenters. The molecule has 2 unspecified atom stereocenters. The lowest BCUT2D eigenvalue weighted by Gasteiger charge is -2.47. The van der Waals surface area contributed by atoms with Crippen LogP contribution in [0.25, 0.3) is 0 Å². The van der Waals surface area contributed by atoms with Crippen LogP contribution in [-0.4, -0.2) is 37.2 Å². The van der Waals surface area contributed by atoms with E-state index in [1.807, 2.05) is 6.07 Å². The predicted octanol–water partition coefficient (Wildman–Crippen LogP) is 3.56. The van der Waals surface area contributed by atoms with Gasteiger partial charge >= 0.3 is 0 Å². The maximum Gasteiger partial charge on any atom is 0.119 e. The number of hydrogen-bond acceptors (Lipinski definition) is 3. The third kappa shape index (κ3) is 3.43. The second kappa shape index (κ2) is 6.67. The van der Waals surface area contributed by atoms with Gasteiger partial charge in [-0.15, -0.1) is 0 Å². The van der Waals surface area contributed by atoms with Gasteiger partial charge in [-0.1, -0.05) is 22.4 Å². The normalized spacial score (nSPS) is 29.4. The molecule has 4 heteroatoms. The Labute approximate surface area is 136 Å². The van der Waals surface area contributed by atoms with Crippen LogP contribution >= 0.6 is 15.9 Å². The summed E-state index contributed by atoms with van der Waals surface area (Å²) in [5, 5.41) is 3.77. The van der Waals surface area contributed by atoms with E-state index in [1.165, 1.54) is 37.7 Å². The van der Waals surface area contributed by atoms with Crippen LogP contribution in [0.5, 0.6) is 5.75 Å². The first-order valence-electron chi connectivity index (χ1n) is 7.95. The SMILES string of the molecule is COc1ccc(Br)c(CNC2CC3CCCC(C2)N3C)c1. The Morgan fingerprint density at radius 1 is 1.29 bits per heavy atom. The Morgan fingerprint density at radius 3 is 2.67 bits per heavy atom. The third-order valence-electron chi connectivity index (χ3n) is 5.17. The van der Waals surface area contributed by atoms with Gasteiger partial charge in [0.2, 0.25) is 0 Å². The van der Waals surface area contributed by atoms with Gasteiger partial charge in [0.25, 0.3) is 0 Å². The summed E-state index contributed by atoms with van der Waals surface area (Å²) in [6.45, 7) is 0.908. The van der Waals surface area contributed by atoms with E-state index in [0.717, 1.165) is 28.9 Å². The molecule has 0 radical (unpaired) electrons. The molecule has 1 aromatic carbocycles. The molecule has 2 aliphatic heterocycles. The Morgan fingerprint density at radius 2 is 2.00 bits per heavy atom. The van der Waals surface area contributed by atoms with Crippen LogP contribution in [0, 0.1) is 0 Å². The molecule has 2 heterocycles. The summed E-state index contributed by atoms with van der Waals surface area (Å²) in [5.41, 5.74) is 1.28. The van der Waals surface area contributed by atoms with Gasteiger partial charge in [0, 0.05) is 29.1 Å². The lowest BCUT2D eigenvalue weighted by molar-refractivity contribution is 0.0482. The van der Waals surface area contributed by atoms with Crippen LogP contribution in [-0.2, 0) is 6.54 Å². The van der Waals surface area contributed by atoms with E-state index in [0.29, 0.717) is 6.04 Å². The van der Waals surface area contributed by atoms with Gasteiger partial charge in [-0.05, 0) is 56.5 Å². The zero-order valence-electron chi connectivity index (χ0n) is 12.9. The molecule has 2 saturated heterocycles. The lowest BCUT2D eigenvalue weighted by Crippen LogP contribution is -2.54. The van der Waals surface area contributed by atoms with Gasteiger partial charge < -0.3 is 15.0 Å². The van der Waals surface area contributed by atoms with Crippen molar-refractivity contribution in [1.82, 2.24) is 10.2 Å². The van der Waals surface area contributed by atoms with Crippen molar-refractivity contribution >= 4 is 15.9 Å². The van der Waals surface area contributed by atoms with Gasteiger partial charge in [-0.2, -0.15) is 0 Å². The number of nitrogens with zero attached hydrogens (tertiary/aromatic N) is 1. The Balaban J connectivity index is 1.60. The first kappa shape index (κ1) is 15.3. The van der Waals surface area contributed by atoms with E-state index in [9.17, 15) is 0 Å². The van der Waals surface area contributed by atoms with Crippen molar-refractivity contribution in [3.05, 3.63) is 28.2 Å². The molecule has 2 fully saturated rings. The van der Waals surface area contributed by atoms with Crippen molar-refractivity contribution in [2.75, 3.05) is 14.2 Å². The van der Waals surface area contributed by atoms with E-state index in [1.54, 1.807) is 7.11 Å². The van der Waals surface area contributed by atoms with Crippen molar-refractivity contribution in [3.8, 4) is 5.75 Å². The van der Waals surface area contributed by atoms with Crippen molar-refractivity contribution in [2.45, 2.75) is 56.8 Å². The second-order valence-corrected chi connectivity index (χ2v) is 7.26. The van der Waals surface area contributed by atoms with E-state index < -0.39 is 0 Å². The van der Waals surface area contributed by atoms with Gasteiger partial charge in [0.05, 0.1) is 7.11 Å². The van der Waals surface area contributed by atoms with Crippen LogP contribution in [0.4, 0.5) is 0 Å². The third-order valence-corrected chi connectivity index (χ3v) is 5.95. The topological polar surface area (TPSA) is 24.5 Å². The molecule has 1 aromatic rings. The molecule has 0 spiro atoms. The molecule has 3 rings (SSSR count). The highest BCUT2D eigenvalue weighted by Crippen LogP contribution is 2.33. The highest BCUT2D eigenvalue weighted by molar-refractivity contribution is 9.10. The smallest absolute Gasteiger partial charge is 0.119 e. The van der Waals surface area contributed by atoms with Crippen molar-refractivity contribution in [3.63, 3.8) is 0 Å². The highest BCUT2D eigenvalue weighted by atomic mass is 79.9. The predicted molar refractivity (Wildman–Crippen MR) is 89.7 cm³/mol. The van der Waals surface area contributed by atoms with Crippen LogP contribution in [0.15, 0.2) is 22.7 Å². The summed E-state index contributed by atoms with van der Waals surface area (Å²) in [5.74, 6) is 0.926. The monoisotopic (exact) mass is 352 g/mol. The number of hydrogen-bond donors (Lipinski definition) is 1. The summed E-state index contributed by atoms with van der Waals surface area (Å²) in [4.78, 5) is 2.61. The summed E-state index contributed by atoms with van der Waals surface area (Å²) in [6, 6.07) is 8.39. The maximum atomic E-state index is 5.32. The maximum absolute atomic E-state index is 5.32. The molecular formula is C17H25BrN2O. The molecular weight excluding hydrogens is 328 g/mol. The van der Waals surface area contributed by atoms with Crippen LogP contribution < -0.4 is 10.1 Å². The highest BCUT2D eigenvalue weighted by Gasteiger charge is 2.35. The number of rotatable bonds is 4. The zero-order valence-corrected chi connectivity index (χ0v) is 14.5. The van der Waals surface area contributed by atoms with E-state index in [-0.39, 0.29) is 0 Å². The number of ether oxygens (including phenoxy) is 1. The average molecular weight is 353 g/mol. The minimum atomic E-state index is 0.648. The number of piperidine rings is 2. The molecule has 3 nitrogen and oxygen atoms in total. The van der Waals surface area contributed by atoms with Gasteiger partial charge in [-0.25, -0.2) is 0 Å². The van der Waals surface area contributed by atoms with E-state index in [4.69, 9.17) is 4.74 Å². The molecule has 0 aliphatic carbocycles. The molecule has 0 aromatic heterocycles. The van der Waals surface area contributed by atoms with Crippen LogP contribution in [0.2, 0.25) is 0 Å². The average Bonchev–Trinajstić information content (AvgIpc) is 2.47. The summed E-state index contributed by atoms with van der Waals surface area (Å²) in [7, 11) is 4.03. The van der Waals surface area contributed by atoms with Crippen LogP contribution in [0.1, 0.15) is 37.7 Å². The number of benzene rings is 1. The van der Waals surface area contributed by atoms with Crippen molar-refractivity contribution < 1.29 is 4.74 Å². The van der Waals surface area contributed by atoms with E-state index in [2.05, 4.69) is 45.3 Å². The Bertz CT molecular complexity index is 480. The molecule has 1 N–H and O–H groups in total. The zero-order chi connectivity index (χ0) is 14.8. The van der Waals surface area contributed by atoms with Crippen molar-refractivity contribution in [1.29, 1.82) is 0 Å². The molecule has 21 heavy (non-hydrogen) atoms. The summed E-state index contributed by atoms with van der Waals surface area (Å²) in [6.07, 6.45) is 6.72. The van der Waals surface area contributed by atoms with Crippen LogP contribution in [0.3, 0.4) is 0 Å². The van der Waals surface area contributed by atoms with Gasteiger partial charge in [0.15, 0.2) is 0 Å². The number of nitrogens with one attached hydrogen (secondary N) is 1. The quantitative estimate of drug-likeness (QED) is 0.896. The minimum absolute atomic E-state index is 0.648. The fourth-order valence-electron chi connectivity index (χ4n) is 3.85. The fourth-order valence-corrected chi connectivity index (χ4v) is 4.24. The first-order chi connectivity index (χ1) is 10.2. The molecule has 2 aliphatic rings. The molecule has 2 bridgehead atoms. The van der Waals surface area contributed by atoms with Crippen molar-refractivity contribution in [2.24, 2.45) is 0 Å². The largest absolute Gasteiger partial charge is 0.497 e. The first-order valence-corrected chi connectivity index (χ1v) is 8.74. The Kier molecular flexibility index (Phi) is 4.87. The van der Waals surface area contributed by atoms with Gasteiger partial charge in [0.1, 0.15) is 5.75 Å². The molecule has 0 amide bonds. The molecule has 0 saturated carbocycles. The lowest BCUT2D eigenvalue weighted by atomic mass is 9.82. The molecule has 116 valence electrons. The fraction of sp³-hybridized carbons (Fsp3) is 0.647. The second-order valence-electron chi connectivity index (χ2n) is 6.41. The number of fused-ring (bicyclic) bond motifs is 2.